The van der Waals surface area contributed by atoms with Crippen molar-refractivity contribution in [3.05, 3.63) is 0 Å². The van der Waals surface area contributed by atoms with Gasteiger partial charge in [0.15, 0.2) is 0 Å². The van der Waals surface area contributed by atoms with Crippen LogP contribution in [-0.2, 0) is 0 Å². The smallest absolute Gasteiger partial charge is 0.213 e. The molecule has 0 amide bonds. The molecule has 2 unspecified atom stereocenters. The molecule has 0 heterocycles. The maximum Gasteiger partial charge on any atom is 0.213 e. The van der Waals surface area contributed by atoms with Gasteiger partial charge < -0.3 is 5.73 Å². The lowest BCUT2D eigenvalue weighted by Crippen LogP contribution is -2.29. The quantitative estimate of drug-likeness (QED) is 0.337. The molecule has 4 N–H and O–H groups in total. The first-order chi connectivity index (χ1) is 5.76. The number of guanidine groups is 1. The molecule has 2 atom stereocenters. The molecule has 0 bridgehead atoms. The molecule has 1 saturated carbocycles. The number of hydrogen-bond donors (Lipinski definition) is 3. The standard InChI is InChI=1S/C7H15N3OS/c1-12-6-3-2-5(4-6)9-7(8)10-11/h5-6,11H,2-4H2,1H3,(H3,8,9,10). The summed E-state index contributed by atoms with van der Waals surface area (Å²) in [7, 11) is 0. The van der Waals surface area contributed by atoms with Crippen LogP contribution >= 0.6 is 11.8 Å². The van der Waals surface area contributed by atoms with Gasteiger partial charge in [-0.15, -0.1) is 0 Å². The number of nitrogens with two attached hydrogens (primary N) is 1. The van der Waals surface area contributed by atoms with Gasteiger partial charge in [0.25, 0.3) is 0 Å². The Morgan fingerprint density at radius 3 is 2.92 bits per heavy atom. The van der Waals surface area contributed by atoms with Gasteiger partial charge in [-0.05, 0) is 25.5 Å². The Bertz CT molecular complexity index is 174. The van der Waals surface area contributed by atoms with Gasteiger partial charge in [0.2, 0.25) is 5.96 Å². The molecule has 70 valence electrons. The molecule has 5 heteroatoms. The molecule has 1 rings (SSSR count). The minimum absolute atomic E-state index is 0.127. The molecule has 0 saturated heterocycles. The van der Waals surface area contributed by atoms with Crippen LogP contribution in [0.2, 0.25) is 0 Å². The van der Waals surface area contributed by atoms with E-state index in [4.69, 9.17) is 10.9 Å². The molecule has 4 nitrogen and oxygen atoms in total. The number of rotatable bonds is 2. The second kappa shape index (κ2) is 4.57. The lowest BCUT2D eigenvalue weighted by atomic mass is 10.3. The molecule has 1 aliphatic carbocycles. The van der Waals surface area contributed by atoms with Crippen LogP contribution in [0.3, 0.4) is 0 Å². The summed E-state index contributed by atoms with van der Waals surface area (Å²) in [6, 6.07) is 0.294. The van der Waals surface area contributed by atoms with Crippen LogP contribution in [0.1, 0.15) is 19.3 Å². The van der Waals surface area contributed by atoms with Gasteiger partial charge in [0.1, 0.15) is 0 Å². The summed E-state index contributed by atoms with van der Waals surface area (Å²) in [5.74, 6) is 0.127. The largest absolute Gasteiger partial charge is 0.368 e. The summed E-state index contributed by atoms with van der Waals surface area (Å²) in [6.45, 7) is 0. The predicted octanol–water partition coefficient (Wildman–Crippen LogP) is 0.564. The van der Waals surface area contributed by atoms with E-state index in [1.807, 2.05) is 17.2 Å². The monoisotopic (exact) mass is 189 g/mol. The fraction of sp³-hybridized carbons (Fsp3) is 0.857. The fourth-order valence-corrected chi connectivity index (χ4v) is 2.26. The SMILES string of the molecule is CSC1CCC(N=C(N)NO)C1. The van der Waals surface area contributed by atoms with E-state index in [0.29, 0.717) is 11.3 Å². The second-order valence-corrected chi connectivity index (χ2v) is 4.09. The maximum atomic E-state index is 8.41. The number of nitrogens with one attached hydrogen (secondary N) is 1. The Morgan fingerprint density at radius 1 is 1.67 bits per heavy atom. The van der Waals surface area contributed by atoms with E-state index in [1.54, 1.807) is 0 Å². The zero-order chi connectivity index (χ0) is 8.97. The number of hydroxylamine groups is 1. The van der Waals surface area contributed by atoms with Crippen molar-refractivity contribution in [2.24, 2.45) is 10.7 Å². The summed E-state index contributed by atoms with van der Waals surface area (Å²) in [6.07, 6.45) is 5.47. The molecule has 12 heavy (non-hydrogen) atoms. The summed E-state index contributed by atoms with van der Waals surface area (Å²) in [5, 5.41) is 9.12. The Balaban J connectivity index is 2.37. The molecule has 0 aromatic heterocycles. The number of nitrogens with zero attached hydrogens (tertiary/aromatic N) is 1. The highest BCUT2D eigenvalue weighted by atomic mass is 32.2. The molecule has 0 aliphatic heterocycles. The first kappa shape index (κ1) is 9.67. The molecular weight excluding hydrogens is 174 g/mol. The lowest BCUT2D eigenvalue weighted by molar-refractivity contribution is 0.232. The maximum absolute atomic E-state index is 8.41. The molecule has 0 aromatic carbocycles. The topological polar surface area (TPSA) is 70.6 Å². The Hall–Kier alpha value is -0.420. The van der Waals surface area contributed by atoms with Gasteiger partial charge in [-0.2, -0.15) is 11.8 Å². The van der Waals surface area contributed by atoms with Gasteiger partial charge in [-0.25, -0.2) is 10.5 Å². The van der Waals surface area contributed by atoms with Crippen LogP contribution in [0.15, 0.2) is 4.99 Å². The van der Waals surface area contributed by atoms with Crippen molar-refractivity contribution in [1.82, 2.24) is 5.48 Å². The first-order valence-corrected chi connectivity index (χ1v) is 5.31. The third-order valence-electron chi connectivity index (χ3n) is 2.13. The normalized spacial score (nSPS) is 30.7. The highest BCUT2D eigenvalue weighted by Gasteiger charge is 2.23. The van der Waals surface area contributed by atoms with E-state index in [2.05, 4.69) is 11.2 Å². The summed E-state index contributed by atoms with van der Waals surface area (Å²) in [5.41, 5.74) is 7.17. The van der Waals surface area contributed by atoms with E-state index in [0.717, 1.165) is 12.8 Å². The van der Waals surface area contributed by atoms with Crippen LogP contribution in [0.4, 0.5) is 0 Å². The van der Waals surface area contributed by atoms with Crippen LogP contribution in [0.25, 0.3) is 0 Å². The van der Waals surface area contributed by atoms with Crippen molar-refractivity contribution in [3.63, 3.8) is 0 Å². The summed E-state index contributed by atoms with van der Waals surface area (Å²) < 4.78 is 0. The average Bonchev–Trinajstić information content (AvgIpc) is 2.52. The van der Waals surface area contributed by atoms with E-state index in [9.17, 15) is 0 Å². The van der Waals surface area contributed by atoms with Crippen molar-refractivity contribution < 1.29 is 5.21 Å². The van der Waals surface area contributed by atoms with Crippen molar-refractivity contribution in [1.29, 1.82) is 0 Å². The average molecular weight is 189 g/mol. The molecule has 0 radical (unpaired) electrons. The van der Waals surface area contributed by atoms with Gasteiger partial charge in [-0.3, -0.25) is 5.21 Å². The second-order valence-electron chi connectivity index (χ2n) is 2.95. The molecular formula is C7H15N3OS. The highest BCUT2D eigenvalue weighted by molar-refractivity contribution is 7.99. The molecule has 1 aliphatic rings. The van der Waals surface area contributed by atoms with Crippen molar-refractivity contribution >= 4 is 17.7 Å². The van der Waals surface area contributed by atoms with E-state index in [-0.39, 0.29) is 5.96 Å². The Labute approximate surface area is 76.6 Å². The molecule has 1 fully saturated rings. The third kappa shape index (κ3) is 2.57. The Morgan fingerprint density at radius 2 is 2.42 bits per heavy atom. The van der Waals surface area contributed by atoms with Crippen LogP contribution in [-0.4, -0.2) is 28.7 Å². The molecule has 0 spiro atoms. The van der Waals surface area contributed by atoms with Crippen LogP contribution in [0, 0.1) is 0 Å². The zero-order valence-electron chi connectivity index (χ0n) is 7.16. The number of thioether (sulfide) groups is 1. The number of hydrogen-bond acceptors (Lipinski definition) is 3. The van der Waals surface area contributed by atoms with Gasteiger partial charge in [0.05, 0.1) is 6.04 Å². The molecule has 0 aromatic rings. The predicted molar refractivity (Wildman–Crippen MR) is 51.5 cm³/mol. The first-order valence-electron chi connectivity index (χ1n) is 4.02. The van der Waals surface area contributed by atoms with E-state index in [1.165, 1.54) is 6.42 Å². The van der Waals surface area contributed by atoms with Crippen LogP contribution in [0.5, 0.6) is 0 Å². The van der Waals surface area contributed by atoms with Crippen molar-refractivity contribution in [2.75, 3.05) is 6.26 Å². The zero-order valence-corrected chi connectivity index (χ0v) is 7.97. The van der Waals surface area contributed by atoms with Gasteiger partial charge in [-0.1, -0.05) is 0 Å². The summed E-state index contributed by atoms with van der Waals surface area (Å²) in [4.78, 5) is 4.11. The fourth-order valence-electron chi connectivity index (χ4n) is 1.47. The third-order valence-corrected chi connectivity index (χ3v) is 3.22. The number of aliphatic imine (C=N–C) groups is 1. The van der Waals surface area contributed by atoms with Crippen molar-refractivity contribution in [3.8, 4) is 0 Å². The van der Waals surface area contributed by atoms with Crippen molar-refractivity contribution in [2.45, 2.75) is 30.6 Å². The highest BCUT2D eigenvalue weighted by Crippen LogP contribution is 2.29. The van der Waals surface area contributed by atoms with E-state index >= 15 is 0 Å². The van der Waals surface area contributed by atoms with Gasteiger partial charge >= 0.3 is 0 Å². The minimum atomic E-state index is 0.127. The van der Waals surface area contributed by atoms with Crippen LogP contribution < -0.4 is 11.2 Å². The van der Waals surface area contributed by atoms with Gasteiger partial charge in [0, 0.05) is 5.25 Å². The summed E-state index contributed by atoms with van der Waals surface area (Å²) >= 11 is 1.88. The lowest BCUT2D eigenvalue weighted by Gasteiger charge is -2.05. The minimum Gasteiger partial charge on any atom is -0.368 e. The van der Waals surface area contributed by atoms with E-state index < -0.39 is 0 Å². The Kier molecular flexibility index (Phi) is 3.68.